The fourth-order valence-electron chi connectivity index (χ4n) is 0.854. The number of carboxylic acids is 1. The second-order valence-corrected chi connectivity index (χ2v) is 2.92. The largest absolute Gasteiger partial charge is 0.477 e. The van der Waals surface area contributed by atoms with Crippen molar-refractivity contribution in [2.24, 2.45) is 5.10 Å². The molecule has 0 aliphatic heterocycles. The van der Waals surface area contributed by atoms with Gasteiger partial charge in [0.2, 0.25) is 0 Å². The molecule has 0 aliphatic rings. The van der Waals surface area contributed by atoms with Crippen molar-refractivity contribution in [1.29, 1.82) is 0 Å². The van der Waals surface area contributed by atoms with Crippen molar-refractivity contribution in [3.63, 3.8) is 0 Å². The van der Waals surface area contributed by atoms with Crippen LogP contribution in [0.1, 0.15) is 6.92 Å². The summed E-state index contributed by atoms with van der Waals surface area (Å²) in [6.07, 6.45) is 0. The molecule has 0 unspecified atom stereocenters. The number of carbonyl (C=O) groups is 1. The third-order valence-electron chi connectivity index (χ3n) is 1.74. The highest BCUT2D eigenvalue weighted by Crippen LogP contribution is 2.15. The van der Waals surface area contributed by atoms with E-state index >= 15 is 0 Å². The van der Waals surface area contributed by atoms with E-state index in [0.717, 1.165) is 0 Å². The Morgan fingerprint density at radius 2 is 2.00 bits per heavy atom. The second kappa shape index (κ2) is 4.87. The third kappa shape index (κ3) is 3.05. The lowest BCUT2D eigenvalue weighted by Crippen LogP contribution is -2.10. The van der Waals surface area contributed by atoms with E-state index in [1.165, 1.54) is 31.2 Å². The van der Waals surface area contributed by atoms with E-state index in [2.05, 4.69) is 10.5 Å². The summed E-state index contributed by atoms with van der Waals surface area (Å²) in [5.41, 5.74) is 2.82. The van der Waals surface area contributed by atoms with Crippen LogP contribution in [0.15, 0.2) is 29.4 Å². The minimum Gasteiger partial charge on any atom is -0.477 e. The first kappa shape index (κ1) is 11.6. The van der Waals surface area contributed by atoms with Gasteiger partial charge in [-0.1, -0.05) is 0 Å². The van der Waals surface area contributed by atoms with Crippen molar-refractivity contribution >= 4 is 23.1 Å². The molecule has 0 radical (unpaired) electrons. The van der Waals surface area contributed by atoms with Crippen molar-refractivity contribution < 1.29 is 14.8 Å². The summed E-state index contributed by atoms with van der Waals surface area (Å²) in [5.74, 6) is -1.13. The fourth-order valence-corrected chi connectivity index (χ4v) is 0.854. The van der Waals surface area contributed by atoms with Gasteiger partial charge in [0.25, 0.3) is 5.69 Å². The van der Waals surface area contributed by atoms with Crippen LogP contribution in [0.5, 0.6) is 0 Å². The maximum atomic E-state index is 10.4. The summed E-state index contributed by atoms with van der Waals surface area (Å²) in [5, 5.41) is 22.4. The number of hydrogen-bond donors (Lipinski definition) is 2. The van der Waals surface area contributed by atoms with Crippen molar-refractivity contribution in [1.82, 2.24) is 0 Å². The summed E-state index contributed by atoms with van der Waals surface area (Å²) in [6.45, 7) is 1.33. The van der Waals surface area contributed by atoms with Gasteiger partial charge in [-0.3, -0.25) is 15.5 Å². The van der Waals surface area contributed by atoms with Crippen LogP contribution in [-0.4, -0.2) is 21.7 Å². The molecule has 16 heavy (non-hydrogen) atoms. The normalized spacial score (nSPS) is 10.9. The molecule has 2 N–H and O–H groups in total. The Balaban J connectivity index is 2.73. The topological polar surface area (TPSA) is 105 Å². The van der Waals surface area contributed by atoms with Crippen LogP contribution in [0.25, 0.3) is 0 Å². The van der Waals surface area contributed by atoms with Gasteiger partial charge in [0.05, 0.1) is 10.6 Å². The maximum absolute atomic E-state index is 10.4. The first-order valence-corrected chi connectivity index (χ1v) is 4.29. The number of nitrogens with one attached hydrogen (secondary N) is 1. The Morgan fingerprint density at radius 3 is 2.44 bits per heavy atom. The van der Waals surface area contributed by atoms with Crippen LogP contribution in [0.3, 0.4) is 0 Å². The van der Waals surface area contributed by atoms with Crippen LogP contribution in [0.2, 0.25) is 0 Å². The maximum Gasteiger partial charge on any atom is 0.351 e. The minimum absolute atomic E-state index is 0.0375. The standard InChI is InChI=1S/C9H9N3O4/c1-6(9(13)14)10-11-7-2-4-8(5-3-7)12(15)16/h2-5,11H,1H3,(H,13,14)/b10-6+. The van der Waals surface area contributed by atoms with Gasteiger partial charge < -0.3 is 5.11 Å². The summed E-state index contributed by atoms with van der Waals surface area (Å²) in [7, 11) is 0. The lowest BCUT2D eigenvalue weighted by molar-refractivity contribution is -0.384. The molecule has 7 heteroatoms. The zero-order chi connectivity index (χ0) is 12.1. The van der Waals surface area contributed by atoms with E-state index in [1.54, 1.807) is 0 Å². The Kier molecular flexibility index (Phi) is 3.54. The molecular formula is C9H9N3O4. The first-order valence-electron chi connectivity index (χ1n) is 4.29. The molecule has 0 spiro atoms. The van der Waals surface area contributed by atoms with Gasteiger partial charge in [-0.25, -0.2) is 4.79 Å². The average molecular weight is 223 g/mol. The van der Waals surface area contributed by atoms with Crippen molar-refractivity contribution in [3.05, 3.63) is 34.4 Å². The second-order valence-electron chi connectivity index (χ2n) is 2.92. The van der Waals surface area contributed by atoms with E-state index in [-0.39, 0.29) is 11.4 Å². The molecule has 0 saturated carbocycles. The molecule has 0 heterocycles. The van der Waals surface area contributed by atoms with E-state index in [9.17, 15) is 14.9 Å². The van der Waals surface area contributed by atoms with E-state index in [1.807, 2.05) is 0 Å². The molecule has 0 saturated heterocycles. The SMILES string of the molecule is C/C(=N\Nc1ccc([N+](=O)[O-])cc1)C(=O)O. The van der Waals surface area contributed by atoms with Gasteiger partial charge in [0, 0.05) is 12.1 Å². The minimum atomic E-state index is -1.13. The number of nitro groups is 1. The number of anilines is 1. The highest BCUT2D eigenvalue weighted by molar-refractivity contribution is 6.34. The zero-order valence-corrected chi connectivity index (χ0v) is 8.38. The quantitative estimate of drug-likeness (QED) is 0.456. The van der Waals surface area contributed by atoms with Gasteiger partial charge in [-0.15, -0.1) is 0 Å². The number of nitro benzene ring substituents is 1. The molecule has 0 fully saturated rings. The molecule has 0 aromatic heterocycles. The lowest BCUT2D eigenvalue weighted by Gasteiger charge is -2.00. The number of rotatable bonds is 4. The smallest absolute Gasteiger partial charge is 0.351 e. The Bertz CT molecular complexity index is 439. The Morgan fingerprint density at radius 1 is 1.44 bits per heavy atom. The van der Waals surface area contributed by atoms with Crippen LogP contribution in [-0.2, 0) is 4.79 Å². The lowest BCUT2D eigenvalue weighted by atomic mass is 10.3. The van der Waals surface area contributed by atoms with Gasteiger partial charge in [-0.2, -0.15) is 5.10 Å². The number of carboxylic acid groups (broad SMARTS) is 1. The van der Waals surface area contributed by atoms with Crippen LogP contribution in [0.4, 0.5) is 11.4 Å². The van der Waals surface area contributed by atoms with Gasteiger partial charge in [0.1, 0.15) is 5.71 Å². The predicted octanol–water partition coefficient (Wildman–Crippen LogP) is 1.47. The van der Waals surface area contributed by atoms with Crippen molar-refractivity contribution in [2.75, 3.05) is 5.43 Å². The number of aliphatic carboxylic acids is 1. The molecule has 1 aromatic rings. The third-order valence-corrected chi connectivity index (χ3v) is 1.74. The predicted molar refractivity (Wildman–Crippen MR) is 57.5 cm³/mol. The van der Waals surface area contributed by atoms with Crippen LogP contribution in [0, 0.1) is 10.1 Å². The molecule has 1 rings (SSSR count). The van der Waals surface area contributed by atoms with E-state index in [0.29, 0.717) is 5.69 Å². The van der Waals surface area contributed by atoms with Crippen molar-refractivity contribution in [2.45, 2.75) is 6.92 Å². The number of nitrogens with zero attached hydrogens (tertiary/aromatic N) is 2. The summed E-state index contributed by atoms with van der Waals surface area (Å²) < 4.78 is 0. The summed E-state index contributed by atoms with van der Waals surface area (Å²) in [4.78, 5) is 20.2. The molecule has 1 aromatic carbocycles. The Labute approximate surface area is 90.6 Å². The fraction of sp³-hybridized carbons (Fsp3) is 0.111. The molecule has 0 atom stereocenters. The Hall–Kier alpha value is -2.44. The van der Waals surface area contributed by atoms with Gasteiger partial charge in [-0.05, 0) is 19.1 Å². The number of hydrogen-bond acceptors (Lipinski definition) is 5. The molecule has 84 valence electrons. The van der Waals surface area contributed by atoms with Crippen LogP contribution < -0.4 is 5.43 Å². The number of non-ortho nitro benzene ring substituents is 1. The average Bonchev–Trinajstić information content (AvgIpc) is 2.26. The highest BCUT2D eigenvalue weighted by atomic mass is 16.6. The number of benzene rings is 1. The van der Waals surface area contributed by atoms with Gasteiger partial charge in [0.15, 0.2) is 0 Å². The monoisotopic (exact) mass is 223 g/mol. The summed E-state index contributed by atoms with van der Waals surface area (Å²) >= 11 is 0. The van der Waals surface area contributed by atoms with Crippen molar-refractivity contribution in [3.8, 4) is 0 Å². The summed E-state index contributed by atoms with van der Waals surface area (Å²) in [6, 6.07) is 5.48. The molecule has 0 bridgehead atoms. The number of hydrazone groups is 1. The molecule has 0 aliphatic carbocycles. The highest BCUT2D eigenvalue weighted by Gasteiger charge is 2.04. The molecule has 0 amide bonds. The van der Waals surface area contributed by atoms with E-state index in [4.69, 9.17) is 5.11 Å². The zero-order valence-electron chi connectivity index (χ0n) is 8.38. The first-order chi connectivity index (χ1) is 7.50. The van der Waals surface area contributed by atoms with Crippen LogP contribution >= 0.6 is 0 Å². The van der Waals surface area contributed by atoms with Gasteiger partial charge >= 0.3 is 5.97 Å². The van der Waals surface area contributed by atoms with E-state index < -0.39 is 10.9 Å². The molecule has 7 nitrogen and oxygen atoms in total. The molecular weight excluding hydrogens is 214 g/mol.